The quantitative estimate of drug-likeness (QED) is 0.245. The Morgan fingerprint density at radius 2 is 1.77 bits per heavy atom. The number of rotatable bonds is 10. The number of furan rings is 1. The molecule has 0 aliphatic rings. The molecule has 0 fully saturated rings. The number of sulfonamides is 1. The molecule has 0 aliphatic heterocycles. The van der Waals surface area contributed by atoms with Gasteiger partial charge < -0.3 is 4.42 Å². The highest BCUT2D eigenvalue weighted by molar-refractivity contribution is 7.89. The Morgan fingerprint density at radius 3 is 2.37 bits per heavy atom. The van der Waals surface area contributed by atoms with Crippen molar-refractivity contribution in [1.29, 1.82) is 0 Å². The van der Waals surface area contributed by atoms with E-state index in [0.29, 0.717) is 27.0 Å². The molecule has 2 aromatic carbocycles. The molecule has 0 radical (unpaired) electrons. The van der Waals surface area contributed by atoms with E-state index in [4.69, 9.17) is 16.0 Å². The third kappa shape index (κ3) is 5.23. The highest BCUT2D eigenvalue weighted by atomic mass is 35.5. The second kappa shape index (κ2) is 10.6. The molecule has 7 nitrogen and oxygen atoms in total. The molecular weight excluding hydrogens is 506 g/mol. The van der Waals surface area contributed by atoms with Crippen LogP contribution in [0.15, 0.2) is 95.5 Å². The van der Waals surface area contributed by atoms with E-state index >= 15 is 0 Å². The van der Waals surface area contributed by atoms with Crippen LogP contribution in [0.2, 0.25) is 5.02 Å². The monoisotopic (exact) mass is 527 g/mol. The number of carbonyl (C=O) groups is 1. The number of carbonyl (C=O) groups excluding carboxylic acids is 1. The Morgan fingerprint density at radius 1 is 1.06 bits per heavy atom. The Labute approximate surface area is 212 Å². The van der Waals surface area contributed by atoms with Gasteiger partial charge in [0.25, 0.3) is 5.91 Å². The van der Waals surface area contributed by atoms with Crippen LogP contribution in [0.1, 0.15) is 16.1 Å². The number of thiazole rings is 1. The molecule has 35 heavy (non-hydrogen) atoms. The average Bonchev–Trinajstić information content (AvgIpc) is 3.52. The maximum absolute atomic E-state index is 13.6. The van der Waals surface area contributed by atoms with E-state index in [1.807, 2.05) is 12.1 Å². The minimum atomic E-state index is -3.78. The smallest absolute Gasteiger partial charge is 0.260 e. The van der Waals surface area contributed by atoms with Crippen LogP contribution in [0, 0.1) is 0 Å². The van der Waals surface area contributed by atoms with Gasteiger partial charge in [0.2, 0.25) is 10.0 Å². The Hall–Kier alpha value is -3.24. The van der Waals surface area contributed by atoms with Crippen molar-refractivity contribution in [2.45, 2.75) is 11.4 Å². The molecule has 0 saturated heterocycles. The zero-order valence-corrected chi connectivity index (χ0v) is 21.0. The number of fused-ring (bicyclic) bond motifs is 1. The minimum absolute atomic E-state index is 0.0714. The number of aromatic nitrogens is 1. The zero-order valence-electron chi connectivity index (χ0n) is 18.6. The molecule has 2 aromatic heterocycles. The predicted octanol–water partition coefficient (Wildman–Crippen LogP) is 5.75. The van der Waals surface area contributed by atoms with Crippen LogP contribution in [0.3, 0.4) is 0 Å². The van der Waals surface area contributed by atoms with E-state index in [0.717, 1.165) is 4.70 Å². The Balaban J connectivity index is 1.68. The minimum Gasteiger partial charge on any atom is -0.467 e. The summed E-state index contributed by atoms with van der Waals surface area (Å²) in [7, 11) is -3.78. The predicted molar refractivity (Wildman–Crippen MR) is 139 cm³/mol. The molecule has 0 saturated carbocycles. The third-order valence-electron chi connectivity index (χ3n) is 5.13. The van der Waals surface area contributed by atoms with Gasteiger partial charge in [-0.15, -0.1) is 13.2 Å². The van der Waals surface area contributed by atoms with Crippen molar-refractivity contribution in [2.24, 2.45) is 0 Å². The van der Waals surface area contributed by atoms with Gasteiger partial charge in [0, 0.05) is 18.7 Å². The molecule has 4 rings (SSSR count). The summed E-state index contributed by atoms with van der Waals surface area (Å²) in [5, 5.41) is 0.947. The average molecular weight is 528 g/mol. The van der Waals surface area contributed by atoms with Gasteiger partial charge in [0.05, 0.1) is 27.4 Å². The molecule has 0 unspecified atom stereocenters. The van der Waals surface area contributed by atoms with E-state index in [2.05, 4.69) is 18.1 Å². The zero-order chi connectivity index (χ0) is 25.0. The van der Waals surface area contributed by atoms with Crippen LogP contribution < -0.4 is 4.90 Å². The van der Waals surface area contributed by atoms with E-state index in [9.17, 15) is 13.2 Å². The fourth-order valence-electron chi connectivity index (χ4n) is 3.44. The number of nitrogens with zero attached hydrogens (tertiary/aromatic N) is 3. The maximum Gasteiger partial charge on any atom is 0.260 e. The first-order valence-corrected chi connectivity index (χ1v) is 13.2. The van der Waals surface area contributed by atoms with Gasteiger partial charge in [0.1, 0.15) is 11.3 Å². The van der Waals surface area contributed by atoms with Crippen LogP contribution in [0.4, 0.5) is 5.13 Å². The van der Waals surface area contributed by atoms with Crippen LogP contribution in [0.5, 0.6) is 0 Å². The Bertz CT molecular complexity index is 1450. The SMILES string of the molecule is C=CCN(CC=C)S(=O)(=O)c1ccc(C(=O)N(Cc2ccco2)c2nc3c(Cl)cccc3s2)cc1. The molecular formula is C25H22ClN3O4S2. The molecule has 180 valence electrons. The first-order valence-electron chi connectivity index (χ1n) is 10.6. The molecule has 4 aromatic rings. The summed E-state index contributed by atoms with van der Waals surface area (Å²) in [6.45, 7) is 7.67. The molecule has 2 heterocycles. The van der Waals surface area contributed by atoms with Crippen LogP contribution in [-0.2, 0) is 16.6 Å². The molecule has 10 heteroatoms. The summed E-state index contributed by atoms with van der Waals surface area (Å²) in [5.74, 6) is 0.224. The normalized spacial score (nSPS) is 11.6. The Kier molecular flexibility index (Phi) is 7.51. The molecule has 0 bridgehead atoms. The lowest BCUT2D eigenvalue weighted by molar-refractivity contribution is 0.0983. The third-order valence-corrected chi connectivity index (χ3v) is 8.33. The number of amides is 1. The molecule has 0 atom stereocenters. The van der Waals surface area contributed by atoms with Crippen molar-refractivity contribution in [2.75, 3.05) is 18.0 Å². The van der Waals surface area contributed by atoms with Crippen molar-refractivity contribution < 1.29 is 17.6 Å². The number of hydrogen-bond donors (Lipinski definition) is 0. The number of halogens is 1. The van der Waals surface area contributed by atoms with Gasteiger partial charge in [-0.2, -0.15) is 4.31 Å². The van der Waals surface area contributed by atoms with Crippen molar-refractivity contribution in [3.63, 3.8) is 0 Å². The second-order valence-corrected chi connectivity index (χ2v) is 10.8. The lowest BCUT2D eigenvalue weighted by atomic mass is 10.2. The van der Waals surface area contributed by atoms with Gasteiger partial charge in [-0.1, -0.05) is 41.2 Å². The van der Waals surface area contributed by atoms with Crippen LogP contribution >= 0.6 is 22.9 Å². The van der Waals surface area contributed by atoms with E-state index in [1.54, 1.807) is 18.2 Å². The number of benzene rings is 2. The largest absolute Gasteiger partial charge is 0.467 e. The highest BCUT2D eigenvalue weighted by Crippen LogP contribution is 2.34. The van der Waals surface area contributed by atoms with Gasteiger partial charge in [-0.3, -0.25) is 9.69 Å². The van der Waals surface area contributed by atoms with Gasteiger partial charge in [-0.25, -0.2) is 13.4 Å². The summed E-state index contributed by atoms with van der Waals surface area (Å²) in [6.07, 6.45) is 4.55. The lowest BCUT2D eigenvalue weighted by Gasteiger charge is -2.20. The van der Waals surface area contributed by atoms with Gasteiger partial charge >= 0.3 is 0 Å². The van der Waals surface area contributed by atoms with E-state index < -0.39 is 10.0 Å². The van der Waals surface area contributed by atoms with E-state index in [-0.39, 0.29) is 30.4 Å². The summed E-state index contributed by atoms with van der Waals surface area (Å²) < 4.78 is 33.5. The maximum atomic E-state index is 13.6. The van der Waals surface area contributed by atoms with Crippen molar-refractivity contribution in [3.8, 4) is 0 Å². The first kappa shape index (κ1) is 24.9. The van der Waals surface area contributed by atoms with Crippen LogP contribution in [-0.4, -0.2) is 36.7 Å². The second-order valence-electron chi connectivity index (χ2n) is 7.48. The fourth-order valence-corrected chi connectivity index (χ4v) is 6.08. The fraction of sp³-hybridized carbons (Fsp3) is 0.120. The first-order chi connectivity index (χ1) is 16.8. The molecule has 0 N–H and O–H groups in total. The topological polar surface area (TPSA) is 83.7 Å². The van der Waals surface area contributed by atoms with E-state index in [1.165, 1.54) is 63.2 Å². The van der Waals surface area contributed by atoms with Gasteiger partial charge in [0.15, 0.2) is 5.13 Å². The summed E-state index contributed by atoms with van der Waals surface area (Å²) >= 11 is 7.63. The van der Waals surface area contributed by atoms with Gasteiger partial charge in [-0.05, 0) is 48.5 Å². The number of anilines is 1. The van der Waals surface area contributed by atoms with Crippen molar-refractivity contribution in [1.82, 2.24) is 9.29 Å². The number of para-hydroxylation sites is 1. The molecule has 0 spiro atoms. The summed E-state index contributed by atoms with van der Waals surface area (Å²) in [6, 6.07) is 14.8. The number of hydrogen-bond acceptors (Lipinski definition) is 6. The van der Waals surface area contributed by atoms with Crippen molar-refractivity contribution in [3.05, 3.63) is 103 Å². The summed E-state index contributed by atoms with van der Waals surface area (Å²) in [4.78, 5) is 19.7. The molecule has 1 amide bonds. The molecule has 0 aliphatic carbocycles. The van der Waals surface area contributed by atoms with Crippen LogP contribution in [0.25, 0.3) is 10.2 Å². The summed E-state index contributed by atoms with van der Waals surface area (Å²) in [5.41, 5.74) is 0.914. The highest BCUT2D eigenvalue weighted by Gasteiger charge is 2.26. The van der Waals surface area contributed by atoms with Crippen molar-refractivity contribution >= 4 is 54.2 Å². The lowest BCUT2D eigenvalue weighted by Crippen LogP contribution is -2.32. The standard InChI is InChI=1S/C25H22ClN3O4S2/c1-3-14-28(15-4-2)35(31,32)20-12-10-18(11-13-20)24(30)29(17-19-7-6-16-33-19)25-27-23-21(26)8-5-9-22(23)34-25/h3-13,16H,1-2,14-15,17H2.